The number of carbonyl (C=O) groups is 1. The van der Waals surface area contributed by atoms with Crippen LogP contribution in [0.15, 0.2) is 28.5 Å². The van der Waals surface area contributed by atoms with Crippen molar-refractivity contribution in [1.29, 1.82) is 0 Å². The predicted molar refractivity (Wildman–Crippen MR) is 159 cm³/mol. The number of alkyl carbamates (subject to hydrolysis) is 1. The van der Waals surface area contributed by atoms with Crippen LogP contribution < -0.4 is 25.8 Å². The van der Waals surface area contributed by atoms with E-state index in [4.69, 9.17) is 24.9 Å². The molecule has 0 saturated carbocycles. The van der Waals surface area contributed by atoms with Crippen LogP contribution in [0.3, 0.4) is 0 Å². The van der Waals surface area contributed by atoms with E-state index in [1.807, 2.05) is 32.9 Å². The summed E-state index contributed by atoms with van der Waals surface area (Å²) in [5, 5.41) is 7.15. The van der Waals surface area contributed by atoms with Gasteiger partial charge in [0.25, 0.3) is 0 Å². The minimum Gasteiger partial charge on any atom is -0.454 e. The monoisotopic (exact) mass is 669 g/mol. The average Bonchev–Trinajstić information content (AvgIpc) is 3.46. The summed E-state index contributed by atoms with van der Waals surface area (Å²) in [7, 11) is 0. The van der Waals surface area contributed by atoms with Crippen molar-refractivity contribution in [3.8, 4) is 11.5 Å². The molecular weight excluding hydrogens is 633 g/mol. The molecule has 4 rings (SSSR count). The van der Waals surface area contributed by atoms with Gasteiger partial charge in [-0.3, -0.25) is 0 Å². The third-order valence-electron chi connectivity index (χ3n) is 5.84. The molecule has 1 aromatic carbocycles. The number of unbranched alkanes of at least 4 members (excludes halogenated alkanes) is 3. The number of imidazole rings is 1. The van der Waals surface area contributed by atoms with Crippen LogP contribution in [0.25, 0.3) is 11.2 Å². The standard InChI is InChI=1S/C26H36IN7O4S/c1-26(2,3)38-25(35)30-11-7-5-4-6-9-29-10-8-12-34-23-21(22(28)31-15-32-23)33-24(34)39-20-14-19-18(13-17(20)27)36-16-37-19/h13-15,29H,4-12,16H2,1-3H3,(H,30,35)(H2,28,31,32). The van der Waals surface area contributed by atoms with Gasteiger partial charge in [-0.05, 0) is 87.8 Å². The third kappa shape index (κ3) is 8.48. The Morgan fingerprint density at radius 3 is 2.59 bits per heavy atom. The minimum atomic E-state index is -0.464. The van der Waals surface area contributed by atoms with Gasteiger partial charge < -0.3 is 35.1 Å². The van der Waals surface area contributed by atoms with Crippen LogP contribution in [-0.2, 0) is 11.3 Å². The molecule has 13 heteroatoms. The SMILES string of the molecule is CC(C)(C)OC(=O)NCCCCCCNCCCn1c(Sc2cc3c(cc2I)OCO3)nc2c(N)ncnc21. The van der Waals surface area contributed by atoms with Gasteiger partial charge in [-0.1, -0.05) is 24.6 Å². The van der Waals surface area contributed by atoms with Gasteiger partial charge in [-0.15, -0.1) is 0 Å². The Bertz CT molecular complexity index is 1280. The second-order valence-corrected chi connectivity index (χ2v) is 12.3. The Kier molecular flexibility index (Phi) is 10.4. The molecule has 1 aliphatic heterocycles. The zero-order valence-electron chi connectivity index (χ0n) is 22.6. The summed E-state index contributed by atoms with van der Waals surface area (Å²) in [6.07, 6.45) is 6.26. The summed E-state index contributed by atoms with van der Waals surface area (Å²) in [5.41, 5.74) is 7.00. The number of fused-ring (bicyclic) bond motifs is 2. The highest BCUT2D eigenvalue weighted by Gasteiger charge is 2.21. The molecule has 39 heavy (non-hydrogen) atoms. The number of nitrogens with two attached hydrogens (primary N) is 1. The van der Waals surface area contributed by atoms with Crippen LogP contribution in [0, 0.1) is 3.57 Å². The number of nitrogens with zero attached hydrogens (tertiary/aromatic N) is 4. The molecule has 0 saturated heterocycles. The number of benzene rings is 1. The molecule has 3 heterocycles. The van der Waals surface area contributed by atoms with Crippen molar-refractivity contribution >= 4 is 57.4 Å². The normalized spacial score (nSPS) is 12.7. The Balaban J connectivity index is 1.21. The molecule has 0 unspecified atom stereocenters. The Hall–Kier alpha value is -2.52. The van der Waals surface area contributed by atoms with E-state index in [1.165, 1.54) is 6.33 Å². The Morgan fingerprint density at radius 2 is 1.82 bits per heavy atom. The van der Waals surface area contributed by atoms with Crippen LogP contribution in [0.5, 0.6) is 11.5 Å². The van der Waals surface area contributed by atoms with Crippen molar-refractivity contribution in [2.45, 2.75) is 75.1 Å². The molecule has 4 N–H and O–H groups in total. The lowest BCUT2D eigenvalue weighted by Crippen LogP contribution is -2.33. The highest BCUT2D eigenvalue weighted by atomic mass is 127. The zero-order valence-corrected chi connectivity index (χ0v) is 25.6. The Morgan fingerprint density at radius 1 is 1.10 bits per heavy atom. The molecule has 0 radical (unpaired) electrons. The number of ether oxygens (including phenoxy) is 3. The zero-order chi connectivity index (χ0) is 27.8. The molecule has 0 bridgehead atoms. The van der Waals surface area contributed by atoms with Crippen LogP contribution in [0.1, 0.15) is 52.9 Å². The quantitative estimate of drug-likeness (QED) is 0.169. The van der Waals surface area contributed by atoms with Gasteiger partial charge in [-0.25, -0.2) is 19.7 Å². The molecular formula is C26H36IN7O4S. The van der Waals surface area contributed by atoms with Gasteiger partial charge in [0.2, 0.25) is 6.79 Å². The second kappa shape index (κ2) is 13.7. The molecule has 2 aromatic heterocycles. The van der Waals surface area contributed by atoms with E-state index in [0.29, 0.717) is 17.9 Å². The number of halogens is 1. The number of anilines is 1. The number of aryl methyl sites for hydroxylation is 1. The fourth-order valence-electron chi connectivity index (χ4n) is 4.01. The summed E-state index contributed by atoms with van der Waals surface area (Å²) in [5.74, 6) is 1.87. The van der Waals surface area contributed by atoms with E-state index in [1.54, 1.807) is 11.8 Å². The van der Waals surface area contributed by atoms with Crippen molar-refractivity contribution < 1.29 is 19.0 Å². The number of hydrogen-bond acceptors (Lipinski definition) is 10. The first-order valence-electron chi connectivity index (χ1n) is 13.1. The lowest BCUT2D eigenvalue weighted by molar-refractivity contribution is 0.0527. The van der Waals surface area contributed by atoms with E-state index in [0.717, 1.165) is 82.5 Å². The first kappa shape index (κ1) is 29.5. The number of nitrogen functional groups attached to an aromatic ring is 1. The van der Waals surface area contributed by atoms with Gasteiger partial charge in [0.05, 0.1) is 0 Å². The van der Waals surface area contributed by atoms with E-state index >= 15 is 0 Å². The van der Waals surface area contributed by atoms with E-state index in [-0.39, 0.29) is 12.9 Å². The van der Waals surface area contributed by atoms with Crippen molar-refractivity contribution in [3.63, 3.8) is 0 Å². The summed E-state index contributed by atoms with van der Waals surface area (Å²) in [6, 6.07) is 3.97. The highest BCUT2D eigenvalue weighted by molar-refractivity contribution is 14.1. The van der Waals surface area contributed by atoms with Crippen molar-refractivity contribution in [2.75, 3.05) is 32.2 Å². The van der Waals surface area contributed by atoms with Gasteiger partial charge in [0.1, 0.15) is 11.9 Å². The van der Waals surface area contributed by atoms with E-state index in [9.17, 15) is 4.79 Å². The summed E-state index contributed by atoms with van der Waals surface area (Å²) in [6.45, 7) is 9.05. The Labute approximate surface area is 246 Å². The van der Waals surface area contributed by atoms with Gasteiger partial charge >= 0.3 is 6.09 Å². The maximum atomic E-state index is 11.7. The fraction of sp³-hybridized carbons (Fsp3) is 0.538. The number of rotatable bonds is 13. The average molecular weight is 670 g/mol. The fourth-order valence-corrected chi connectivity index (χ4v) is 5.72. The van der Waals surface area contributed by atoms with Crippen molar-refractivity contribution in [3.05, 3.63) is 22.0 Å². The molecule has 0 spiro atoms. The first-order chi connectivity index (χ1) is 18.7. The van der Waals surface area contributed by atoms with Gasteiger partial charge in [0, 0.05) is 21.6 Å². The minimum absolute atomic E-state index is 0.239. The predicted octanol–water partition coefficient (Wildman–Crippen LogP) is 4.96. The largest absolute Gasteiger partial charge is 0.454 e. The number of hydrogen-bond donors (Lipinski definition) is 3. The topological polar surface area (TPSA) is 138 Å². The van der Waals surface area contributed by atoms with Crippen LogP contribution in [0.2, 0.25) is 0 Å². The number of aromatic nitrogens is 4. The molecule has 1 aliphatic rings. The summed E-state index contributed by atoms with van der Waals surface area (Å²) in [4.78, 5) is 26.1. The van der Waals surface area contributed by atoms with Crippen molar-refractivity contribution in [1.82, 2.24) is 30.2 Å². The summed E-state index contributed by atoms with van der Waals surface area (Å²) < 4.78 is 19.5. The molecule has 0 atom stereocenters. The third-order valence-corrected chi connectivity index (χ3v) is 8.15. The molecule has 1 amide bonds. The number of amides is 1. The second-order valence-electron chi connectivity index (χ2n) is 10.2. The molecule has 0 aliphatic carbocycles. The molecule has 3 aromatic rings. The summed E-state index contributed by atoms with van der Waals surface area (Å²) >= 11 is 3.86. The van der Waals surface area contributed by atoms with Crippen LogP contribution >= 0.6 is 34.4 Å². The van der Waals surface area contributed by atoms with Gasteiger partial charge in [-0.2, -0.15) is 0 Å². The lowest BCUT2D eigenvalue weighted by Gasteiger charge is -2.19. The van der Waals surface area contributed by atoms with Crippen LogP contribution in [0.4, 0.5) is 10.6 Å². The molecule has 212 valence electrons. The maximum absolute atomic E-state index is 11.7. The number of nitrogens with one attached hydrogen (secondary N) is 2. The molecule has 0 fully saturated rings. The lowest BCUT2D eigenvalue weighted by atomic mass is 10.2. The van der Waals surface area contributed by atoms with Crippen LogP contribution in [-0.4, -0.2) is 57.6 Å². The maximum Gasteiger partial charge on any atom is 0.407 e. The molecule has 11 nitrogen and oxygen atoms in total. The van der Waals surface area contributed by atoms with Crippen molar-refractivity contribution in [2.24, 2.45) is 0 Å². The first-order valence-corrected chi connectivity index (χ1v) is 15.0. The van der Waals surface area contributed by atoms with Gasteiger partial charge in [0.15, 0.2) is 33.6 Å². The highest BCUT2D eigenvalue weighted by Crippen LogP contribution is 2.41. The van der Waals surface area contributed by atoms with E-state index < -0.39 is 5.60 Å². The number of carbonyl (C=O) groups excluding carboxylic acids is 1. The van der Waals surface area contributed by atoms with E-state index in [2.05, 4.69) is 47.8 Å². The smallest absolute Gasteiger partial charge is 0.407 e.